The van der Waals surface area contributed by atoms with Gasteiger partial charge in [-0.05, 0) is 44.2 Å². The smallest absolute Gasteiger partial charge is 0.312 e. The van der Waals surface area contributed by atoms with E-state index in [0.717, 1.165) is 0 Å². The Morgan fingerprint density at radius 1 is 1.16 bits per heavy atom. The Morgan fingerprint density at radius 3 is 2.39 bits per heavy atom. The van der Waals surface area contributed by atoms with Crippen molar-refractivity contribution in [2.45, 2.75) is 31.7 Å². The van der Waals surface area contributed by atoms with Crippen molar-refractivity contribution >= 4 is 33.3 Å². The number of rotatable bonds is 8. The van der Waals surface area contributed by atoms with Crippen LogP contribution in [0.5, 0.6) is 0 Å². The van der Waals surface area contributed by atoms with Crippen molar-refractivity contribution in [1.82, 2.24) is 19.7 Å². The number of carbonyl (C=O) groups excluding carboxylic acids is 1. The third-order valence-corrected chi connectivity index (χ3v) is 5.66. The van der Waals surface area contributed by atoms with Gasteiger partial charge in [-0.1, -0.05) is 0 Å². The van der Waals surface area contributed by atoms with Gasteiger partial charge in [-0.25, -0.2) is 23.1 Å². The van der Waals surface area contributed by atoms with Gasteiger partial charge >= 0.3 is 5.69 Å². The third kappa shape index (κ3) is 5.19. The molecule has 3 rings (SSSR count). The van der Waals surface area contributed by atoms with Crippen molar-refractivity contribution < 1.29 is 18.1 Å². The van der Waals surface area contributed by atoms with E-state index < -0.39 is 14.9 Å². The van der Waals surface area contributed by atoms with Crippen molar-refractivity contribution in [3.63, 3.8) is 0 Å². The molecule has 12 nitrogen and oxygen atoms in total. The lowest BCUT2D eigenvalue weighted by atomic mass is 10.3. The van der Waals surface area contributed by atoms with Gasteiger partial charge in [0.1, 0.15) is 11.4 Å². The summed E-state index contributed by atoms with van der Waals surface area (Å²) in [6, 6.07) is 7.14. The Bertz CT molecular complexity index is 1210. The van der Waals surface area contributed by atoms with Gasteiger partial charge in [0.25, 0.3) is 10.0 Å². The summed E-state index contributed by atoms with van der Waals surface area (Å²) in [4.78, 5) is 30.4. The molecule has 13 heteroatoms. The fraction of sp³-hybridized carbons (Fsp3) is 0.222. The Morgan fingerprint density at radius 2 is 1.81 bits per heavy atom. The van der Waals surface area contributed by atoms with E-state index in [1.54, 1.807) is 13.0 Å². The average molecular weight is 445 g/mol. The molecule has 0 radical (unpaired) electrons. The molecule has 2 heterocycles. The number of aryl methyl sites for hydroxylation is 2. The summed E-state index contributed by atoms with van der Waals surface area (Å²) in [7, 11) is -3.87. The molecule has 0 spiro atoms. The molecule has 1 aromatic carbocycles. The van der Waals surface area contributed by atoms with E-state index >= 15 is 0 Å². The van der Waals surface area contributed by atoms with E-state index in [4.69, 9.17) is 0 Å². The summed E-state index contributed by atoms with van der Waals surface area (Å²) in [5.41, 5.74) is 1.000. The molecule has 0 saturated carbocycles. The van der Waals surface area contributed by atoms with Crippen molar-refractivity contribution in [2.75, 3.05) is 10.0 Å². The molecule has 2 aromatic heterocycles. The van der Waals surface area contributed by atoms with Crippen LogP contribution in [0.4, 0.5) is 17.3 Å². The predicted molar refractivity (Wildman–Crippen MR) is 111 cm³/mol. The summed E-state index contributed by atoms with van der Waals surface area (Å²) in [5, 5.41) is 17.8. The van der Waals surface area contributed by atoms with Crippen molar-refractivity contribution in [1.29, 1.82) is 0 Å². The first-order chi connectivity index (χ1) is 14.7. The fourth-order valence-corrected chi connectivity index (χ4v) is 3.81. The van der Waals surface area contributed by atoms with E-state index in [9.17, 15) is 23.3 Å². The number of hydrogen-bond acceptors (Lipinski definition) is 8. The van der Waals surface area contributed by atoms with E-state index in [1.807, 2.05) is 0 Å². The van der Waals surface area contributed by atoms with Crippen LogP contribution >= 0.6 is 0 Å². The highest BCUT2D eigenvalue weighted by Gasteiger charge is 2.22. The van der Waals surface area contributed by atoms with Gasteiger partial charge in [-0.2, -0.15) is 5.10 Å². The second kappa shape index (κ2) is 8.87. The van der Waals surface area contributed by atoms with Crippen molar-refractivity contribution in [3.05, 3.63) is 64.2 Å². The number of hydrogen-bond donors (Lipinski definition) is 2. The van der Waals surface area contributed by atoms with E-state index in [2.05, 4.69) is 25.1 Å². The molecule has 0 atom stereocenters. The molecule has 0 aliphatic carbocycles. The first-order valence-electron chi connectivity index (χ1n) is 9.05. The van der Waals surface area contributed by atoms with Gasteiger partial charge in [-0.15, -0.1) is 0 Å². The first-order valence-corrected chi connectivity index (χ1v) is 10.5. The molecule has 2 N–H and O–H groups in total. The molecule has 0 unspecified atom stereocenters. The van der Waals surface area contributed by atoms with E-state index in [0.29, 0.717) is 11.4 Å². The maximum Gasteiger partial charge on any atom is 0.312 e. The minimum atomic E-state index is -3.87. The topological polar surface area (TPSA) is 162 Å². The number of amides is 1. The largest absolute Gasteiger partial charge is 0.326 e. The highest BCUT2D eigenvalue weighted by Crippen LogP contribution is 2.22. The number of nitro groups is 1. The highest BCUT2D eigenvalue weighted by atomic mass is 32.2. The number of nitrogens with zero attached hydrogens (tertiary/aromatic N) is 5. The number of benzene rings is 1. The summed E-state index contributed by atoms with van der Waals surface area (Å²) in [6.07, 6.45) is 2.85. The zero-order valence-corrected chi connectivity index (χ0v) is 17.5. The summed E-state index contributed by atoms with van der Waals surface area (Å²) < 4.78 is 28.4. The molecule has 1 amide bonds. The molecule has 31 heavy (non-hydrogen) atoms. The molecule has 0 aliphatic rings. The SMILES string of the molecule is Cc1nn(CCC(=O)Nc2ccc(S(=O)(=O)Nc3ncccn3)cc2)c(C)c1[N+](=O)[O-]. The van der Waals surface area contributed by atoms with Crippen LogP contribution in [0, 0.1) is 24.0 Å². The molecular weight excluding hydrogens is 426 g/mol. The fourth-order valence-electron chi connectivity index (χ4n) is 2.85. The van der Waals surface area contributed by atoms with E-state index in [-0.39, 0.29) is 41.1 Å². The molecule has 162 valence electrons. The normalized spacial score (nSPS) is 11.2. The number of sulfonamides is 1. The van der Waals surface area contributed by atoms with Crippen LogP contribution in [-0.2, 0) is 21.4 Å². The zero-order valence-electron chi connectivity index (χ0n) is 16.6. The molecular formula is C18H19N7O5S. The Balaban J connectivity index is 1.60. The van der Waals surface area contributed by atoms with Gasteiger partial charge in [0.05, 0.1) is 16.4 Å². The maximum atomic E-state index is 12.4. The standard InChI is InChI=1S/C18H19N7O5S/c1-12-17(25(27)28)13(2)24(22-12)11-8-16(26)21-14-4-6-15(7-5-14)31(29,30)23-18-19-9-3-10-20-18/h3-7,9-10H,8,11H2,1-2H3,(H,21,26)(H,19,20,23). The number of anilines is 2. The van der Waals surface area contributed by atoms with Gasteiger partial charge in [0.15, 0.2) is 0 Å². The van der Waals surface area contributed by atoms with Crippen LogP contribution in [0.25, 0.3) is 0 Å². The molecule has 0 aliphatic heterocycles. The average Bonchev–Trinajstić information content (AvgIpc) is 3.00. The lowest BCUT2D eigenvalue weighted by Gasteiger charge is -2.09. The number of nitrogens with one attached hydrogen (secondary N) is 2. The minimum absolute atomic E-state index is 0.0205. The van der Waals surface area contributed by atoms with E-state index in [1.165, 1.54) is 48.3 Å². The number of aromatic nitrogens is 4. The van der Waals surface area contributed by atoms with Gasteiger partial charge < -0.3 is 5.32 Å². The maximum absolute atomic E-state index is 12.4. The second-order valence-electron chi connectivity index (χ2n) is 6.50. The monoisotopic (exact) mass is 445 g/mol. The second-order valence-corrected chi connectivity index (χ2v) is 8.18. The summed E-state index contributed by atoms with van der Waals surface area (Å²) in [6.45, 7) is 3.28. The van der Waals surface area contributed by atoms with Crippen LogP contribution in [0.15, 0.2) is 47.6 Å². The lowest BCUT2D eigenvalue weighted by Crippen LogP contribution is -2.16. The van der Waals surface area contributed by atoms with Crippen LogP contribution in [0.1, 0.15) is 17.8 Å². The third-order valence-electron chi connectivity index (χ3n) is 4.32. The highest BCUT2D eigenvalue weighted by molar-refractivity contribution is 7.92. The van der Waals surface area contributed by atoms with Crippen LogP contribution in [0.3, 0.4) is 0 Å². The zero-order chi connectivity index (χ0) is 22.6. The Kier molecular flexibility index (Phi) is 6.25. The van der Waals surface area contributed by atoms with Gasteiger partial charge in [-0.3, -0.25) is 19.6 Å². The first kappa shape index (κ1) is 21.8. The van der Waals surface area contributed by atoms with Gasteiger partial charge in [0, 0.05) is 24.5 Å². The summed E-state index contributed by atoms with van der Waals surface area (Å²) >= 11 is 0. The minimum Gasteiger partial charge on any atom is -0.326 e. The predicted octanol–water partition coefficient (Wildman–Crippen LogP) is 2.03. The summed E-state index contributed by atoms with van der Waals surface area (Å²) in [5.74, 6) is -0.397. The molecule has 0 saturated heterocycles. The number of carbonyl (C=O) groups is 1. The van der Waals surface area contributed by atoms with Crippen LogP contribution in [-0.4, -0.2) is 39.0 Å². The molecule has 0 bridgehead atoms. The molecule has 0 fully saturated rings. The Labute approximate surface area is 177 Å². The lowest BCUT2D eigenvalue weighted by molar-refractivity contribution is -0.386. The van der Waals surface area contributed by atoms with Crippen LogP contribution < -0.4 is 10.0 Å². The van der Waals surface area contributed by atoms with Crippen molar-refractivity contribution in [3.8, 4) is 0 Å². The van der Waals surface area contributed by atoms with Crippen LogP contribution in [0.2, 0.25) is 0 Å². The molecule has 3 aromatic rings. The van der Waals surface area contributed by atoms with Gasteiger partial charge in [0.2, 0.25) is 11.9 Å². The quantitative estimate of drug-likeness (QED) is 0.393. The van der Waals surface area contributed by atoms with Crippen molar-refractivity contribution in [2.24, 2.45) is 0 Å². The Hall–Kier alpha value is -3.87.